The number of sulfonamides is 1. The molecule has 1 aromatic carbocycles. The molecule has 1 atom stereocenters. The fourth-order valence-corrected chi connectivity index (χ4v) is 4.14. The van der Waals surface area contributed by atoms with Gasteiger partial charge in [-0.15, -0.1) is 11.3 Å². The maximum atomic E-state index is 12.3. The second kappa shape index (κ2) is 7.06. The monoisotopic (exact) mass is 324 g/mol. The van der Waals surface area contributed by atoms with Crippen LogP contribution in [0.3, 0.4) is 0 Å². The number of anilines is 1. The van der Waals surface area contributed by atoms with E-state index < -0.39 is 10.0 Å². The molecule has 2 aromatic rings. The molecule has 1 aromatic heterocycles. The summed E-state index contributed by atoms with van der Waals surface area (Å²) in [5, 5.41) is 5.14. The van der Waals surface area contributed by atoms with Crippen molar-refractivity contribution in [3.63, 3.8) is 0 Å². The molecular weight excluding hydrogens is 304 g/mol. The Morgan fingerprint density at radius 1 is 1.19 bits per heavy atom. The average Bonchev–Trinajstić information content (AvgIpc) is 2.92. The Kier molecular flexibility index (Phi) is 5.39. The third kappa shape index (κ3) is 4.56. The highest BCUT2D eigenvalue weighted by Gasteiger charge is 2.17. The summed E-state index contributed by atoms with van der Waals surface area (Å²) < 4.78 is 27.3. The van der Waals surface area contributed by atoms with E-state index in [1.54, 1.807) is 35.6 Å². The summed E-state index contributed by atoms with van der Waals surface area (Å²) in [5.41, 5.74) is 0.920. The van der Waals surface area contributed by atoms with Gasteiger partial charge in [-0.1, -0.05) is 6.07 Å². The van der Waals surface area contributed by atoms with E-state index in [1.165, 1.54) is 4.88 Å². The van der Waals surface area contributed by atoms with Gasteiger partial charge >= 0.3 is 0 Å². The predicted octanol–water partition coefficient (Wildman–Crippen LogP) is 3.09. The first-order valence-corrected chi connectivity index (χ1v) is 9.26. The van der Waals surface area contributed by atoms with Crippen LogP contribution in [0.1, 0.15) is 18.7 Å². The number of nitrogens with one attached hydrogen (secondary N) is 2. The van der Waals surface area contributed by atoms with Gasteiger partial charge in [0.05, 0.1) is 4.90 Å². The van der Waals surface area contributed by atoms with Gasteiger partial charge in [-0.3, -0.25) is 0 Å². The molecule has 2 N–H and O–H groups in total. The molecule has 0 spiro atoms. The molecule has 0 saturated carbocycles. The minimum Gasteiger partial charge on any atom is -0.385 e. The summed E-state index contributed by atoms with van der Waals surface area (Å²) in [6.45, 7) is 4.69. The fourth-order valence-electron chi connectivity index (χ4n) is 2.06. The molecular formula is C15H20N2O2S2. The van der Waals surface area contributed by atoms with Crippen LogP contribution >= 0.6 is 11.3 Å². The zero-order chi connectivity index (χ0) is 15.3. The van der Waals surface area contributed by atoms with E-state index in [9.17, 15) is 8.42 Å². The summed E-state index contributed by atoms with van der Waals surface area (Å²) in [7, 11) is -3.47. The molecule has 0 radical (unpaired) electrons. The van der Waals surface area contributed by atoms with Gasteiger partial charge < -0.3 is 5.32 Å². The van der Waals surface area contributed by atoms with Gasteiger partial charge in [-0.05, 0) is 56.0 Å². The molecule has 0 bridgehead atoms. The first kappa shape index (κ1) is 16.0. The maximum absolute atomic E-state index is 12.3. The van der Waals surface area contributed by atoms with Crippen molar-refractivity contribution in [1.82, 2.24) is 4.72 Å². The highest BCUT2D eigenvalue weighted by molar-refractivity contribution is 7.89. The smallest absolute Gasteiger partial charge is 0.240 e. The Bertz CT molecular complexity index is 649. The van der Waals surface area contributed by atoms with E-state index >= 15 is 0 Å². The Morgan fingerprint density at radius 3 is 2.48 bits per heavy atom. The highest BCUT2D eigenvalue weighted by Crippen LogP contribution is 2.16. The molecule has 0 fully saturated rings. The minimum absolute atomic E-state index is 0.137. The lowest BCUT2D eigenvalue weighted by molar-refractivity contribution is 0.561. The van der Waals surface area contributed by atoms with Crippen molar-refractivity contribution < 1.29 is 8.42 Å². The van der Waals surface area contributed by atoms with E-state index in [1.807, 2.05) is 31.4 Å². The van der Waals surface area contributed by atoms with Crippen molar-refractivity contribution in [2.45, 2.75) is 31.2 Å². The Hall–Kier alpha value is -1.37. The summed E-state index contributed by atoms with van der Waals surface area (Å²) in [5.74, 6) is 0. The Balaban J connectivity index is 2.03. The number of benzene rings is 1. The van der Waals surface area contributed by atoms with E-state index in [0.717, 1.165) is 12.2 Å². The Labute approximate surface area is 130 Å². The SMILES string of the molecule is CCNc1ccc(S(=O)(=O)NC(C)Cc2cccs2)cc1. The Morgan fingerprint density at radius 2 is 1.90 bits per heavy atom. The topological polar surface area (TPSA) is 58.2 Å². The largest absolute Gasteiger partial charge is 0.385 e. The summed E-state index contributed by atoms with van der Waals surface area (Å²) in [6, 6.07) is 10.7. The van der Waals surface area contributed by atoms with Crippen molar-refractivity contribution in [3.8, 4) is 0 Å². The van der Waals surface area contributed by atoms with Crippen molar-refractivity contribution in [2.75, 3.05) is 11.9 Å². The van der Waals surface area contributed by atoms with E-state index in [4.69, 9.17) is 0 Å². The standard InChI is InChI=1S/C15H20N2O2S2/c1-3-16-13-6-8-15(9-7-13)21(18,19)17-12(2)11-14-5-4-10-20-14/h4-10,12,16-17H,3,11H2,1-2H3. The van der Waals surface area contributed by atoms with Crippen LogP contribution in [-0.4, -0.2) is 21.0 Å². The van der Waals surface area contributed by atoms with Crippen LogP contribution in [0.5, 0.6) is 0 Å². The van der Waals surface area contributed by atoms with Gasteiger partial charge in [-0.25, -0.2) is 13.1 Å². The van der Waals surface area contributed by atoms with Crippen LogP contribution in [0.25, 0.3) is 0 Å². The van der Waals surface area contributed by atoms with Gasteiger partial charge in [0.1, 0.15) is 0 Å². The van der Waals surface area contributed by atoms with Gasteiger partial charge in [0.25, 0.3) is 0 Å². The van der Waals surface area contributed by atoms with Crippen molar-refractivity contribution in [1.29, 1.82) is 0 Å². The zero-order valence-corrected chi connectivity index (χ0v) is 13.8. The summed E-state index contributed by atoms with van der Waals surface area (Å²) >= 11 is 1.64. The van der Waals surface area contributed by atoms with Crippen LogP contribution in [0.4, 0.5) is 5.69 Å². The fraction of sp³-hybridized carbons (Fsp3) is 0.333. The van der Waals surface area contributed by atoms with Crippen LogP contribution in [-0.2, 0) is 16.4 Å². The average molecular weight is 324 g/mol. The van der Waals surface area contributed by atoms with Gasteiger partial charge in [0.2, 0.25) is 10.0 Å². The predicted molar refractivity (Wildman–Crippen MR) is 88.4 cm³/mol. The van der Waals surface area contributed by atoms with Crippen molar-refractivity contribution in [2.24, 2.45) is 0 Å². The molecule has 4 nitrogen and oxygen atoms in total. The highest BCUT2D eigenvalue weighted by atomic mass is 32.2. The van der Waals surface area contributed by atoms with E-state index in [0.29, 0.717) is 11.3 Å². The van der Waals surface area contributed by atoms with Gasteiger partial charge in [0, 0.05) is 23.2 Å². The molecule has 1 heterocycles. The van der Waals surface area contributed by atoms with Gasteiger partial charge in [-0.2, -0.15) is 0 Å². The quantitative estimate of drug-likeness (QED) is 0.823. The molecule has 0 aliphatic carbocycles. The van der Waals surface area contributed by atoms with Gasteiger partial charge in [0.15, 0.2) is 0 Å². The molecule has 1 unspecified atom stereocenters. The van der Waals surface area contributed by atoms with E-state index in [-0.39, 0.29) is 6.04 Å². The molecule has 0 saturated heterocycles. The molecule has 21 heavy (non-hydrogen) atoms. The molecule has 0 amide bonds. The second-order valence-electron chi connectivity index (χ2n) is 4.86. The number of rotatable bonds is 7. The van der Waals surface area contributed by atoms with Crippen molar-refractivity contribution in [3.05, 3.63) is 46.7 Å². The first-order chi connectivity index (χ1) is 10.0. The normalized spacial score (nSPS) is 13.0. The molecule has 2 rings (SSSR count). The van der Waals surface area contributed by atoms with Crippen LogP contribution in [0.2, 0.25) is 0 Å². The molecule has 0 aliphatic heterocycles. The molecule has 114 valence electrons. The lowest BCUT2D eigenvalue weighted by Gasteiger charge is -2.14. The van der Waals surface area contributed by atoms with Crippen LogP contribution in [0, 0.1) is 0 Å². The van der Waals surface area contributed by atoms with Crippen LogP contribution < -0.4 is 10.0 Å². The third-order valence-corrected chi connectivity index (χ3v) is 5.49. The second-order valence-corrected chi connectivity index (χ2v) is 7.61. The summed E-state index contributed by atoms with van der Waals surface area (Å²) in [6.07, 6.45) is 0.701. The minimum atomic E-state index is -3.47. The number of thiophene rings is 1. The molecule has 6 heteroatoms. The lowest BCUT2D eigenvalue weighted by atomic mass is 10.2. The first-order valence-electron chi connectivity index (χ1n) is 6.90. The maximum Gasteiger partial charge on any atom is 0.240 e. The number of hydrogen-bond donors (Lipinski definition) is 2. The molecule has 0 aliphatic rings. The number of hydrogen-bond acceptors (Lipinski definition) is 4. The van der Waals surface area contributed by atoms with Crippen molar-refractivity contribution >= 4 is 27.0 Å². The lowest BCUT2D eigenvalue weighted by Crippen LogP contribution is -2.33. The summed E-state index contributed by atoms with van der Waals surface area (Å²) in [4.78, 5) is 1.47. The van der Waals surface area contributed by atoms with E-state index in [2.05, 4.69) is 10.0 Å². The van der Waals surface area contributed by atoms with Crippen LogP contribution in [0.15, 0.2) is 46.7 Å². The third-order valence-electron chi connectivity index (χ3n) is 2.99. The zero-order valence-electron chi connectivity index (χ0n) is 12.2.